The van der Waals surface area contributed by atoms with Crippen LogP contribution in [0.25, 0.3) is 0 Å². The van der Waals surface area contributed by atoms with Crippen LogP contribution in [-0.4, -0.2) is 5.78 Å². The van der Waals surface area contributed by atoms with Crippen LogP contribution in [-0.2, 0) is 6.42 Å². The molecule has 0 aromatic heterocycles. The Morgan fingerprint density at radius 3 is 2.73 bits per heavy atom. The molecule has 0 heterocycles. The van der Waals surface area contributed by atoms with Gasteiger partial charge in [-0.15, -0.1) is 0 Å². The molecule has 80 valence electrons. The van der Waals surface area contributed by atoms with Crippen molar-refractivity contribution < 1.29 is 4.79 Å². The summed E-state index contributed by atoms with van der Waals surface area (Å²) in [7, 11) is 0. The summed E-state index contributed by atoms with van der Waals surface area (Å²) in [6.07, 6.45) is 3.33. The second kappa shape index (κ2) is 5.94. The van der Waals surface area contributed by atoms with Crippen LogP contribution in [0.15, 0.2) is 29.8 Å². The van der Waals surface area contributed by atoms with Gasteiger partial charge in [0.2, 0.25) is 0 Å². The number of aryl methyl sites for hydroxylation is 1. The Morgan fingerprint density at radius 1 is 1.47 bits per heavy atom. The Balaban J connectivity index is 2.97. The Kier molecular flexibility index (Phi) is 4.86. The van der Waals surface area contributed by atoms with Crippen LogP contribution in [0.3, 0.4) is 0 Å². The monoisotopic (exact) mass is 242 g/mol. The predicted molar refractivity (Wildman–Crippen MR) is 64.8 cm³/mol. The lowest BCUT2D eigenvalue weighted by Gasteiger charge is -2.03. The highest BCUT2D eigenvalue weighted by Gasteiger charge is 2.07. The highest BCUT2D eigenvalue weighted by Crippen LogP contribution is 2.19. The van der Waals surface area contributed by atoms with E-state index < -0.39 is 0 Å². The molecule has 1 aromatic carbocycles. The van der Waals surface area contributed by atoms with E-state index in [1.807, 2.05) is 12.1 Å². The molecule has 3 heteroatoms. The zero-order valence-electron chi connectivity index (χ0n) is 8.47. The molecule has 0 fully saturated rings. The van der Waals surface area contributed by atoms with Crippen LogP contribution in [0, 0.1) is 0 Å². The van der Waals surface area contributed by atoms with Gasteiger partial charge in [0, 0.05) is 11.1 Å². The lowest BCUT2D eigenvalue weighted by atomic mass is 10.1. The van der Waals surface area contributed by atoms with E-state index in [4.69, 9.17) is 23.2 Å². The number of halogens is 2. The first kappa shape index (κ1) is 12.3. The number of allylic oxidation sites excluding steroid dienone is 1. The SMILES string of the molecule is CCCc1ccc(C(=O)C=CCl)c(Cl)c1. The van der Waals surface area contributed by atoms with Gasteiger partial charge in [0.25, 0.3) is 0 Å². The van der Waals surface area contributed by atoms with Gasteiger partial charge in [-0.2, -0.15) is 0 Å². The third-order valence-corrected chi connectivity index (χ3v) is 2.49. The maximum absolute atomic E-state index is 11.5. The Hall–Kier alpha value is -0.790. The third-order valence-electron chi connectivity index (χ3n) is 2.05. The minimum Gasteiger partial charge on any atom is -0.289 e. The second-order valence-electron chi connectivity index (χ2n) is 3.22. The van der Waals surface area contributed by atoms with Crippen molar-refractivity contribution in [1.82, 2.24) is 0 Å². The van der Waals surface area contributed by atoms with E-state index >= 15 is 0 Å². The van der Waals surface area contributed by atoms with E-state index in [1.165, 1.54) is 11.6 Å². The molecule has 0 N–H and O–H groups in total. The van der Waals surface area contributed by atoms with Crippen LogP contribution in [0.5, 0.6) is 0 Å². The predicted octanol–water partition coefficient (Wildman–Crippen LogP) is 4.23. The zero-order valence-corrected chi connectivity index (χ0v) is 9.98. The van der Waals surface area contributed by atoms with Gasteiger partial charge in [-0.25, -0.2) is 0 Å². The molecule has 0 radical (unpaired) electrons. The van der Waals surface area contributed by atoms with Crippen molar-refractivity contribution in [2.75, 3.05) is 0 Å². The van der Waals surface area contributed by atoms with Crippen LogP contribution in [0.2, 0.25) is 5.02 Å². The summed E-state index contributed by atoms with van der Waals surface area (Å²) < 4.78 is 0. The summed E-state index contributed by atoms with van der Waals surface area (Å²) in [5.41, 5.74) is 2.83. The molecule has 15 heavy (non-hydrogen) atoms. The summed E-state index contributed by atoms with van der Waals surface area (Å²) in [5.74, 6) is -0.168. The van der Waals surface area contributed by atoms with E-state index in [9.17, 15) is 4.79 Å². The van der Waals surface area contributed by atoms with E-state index in [1.54, 1.807) is 6.07 Å². The van der Waals surface area contributed by atoms with E-state index in [-0.39, 0.29) is 5.78 Å². The first-order valence-corrected chi connectivity index (χ1v) is 5.60. The third kappa shape index (κ3) is 3.37. The van der Waals surface area contributed by atoms with Crippen LogP contribution >= 0.6 is 23.2 Å². The van der Waals surface area contributed by atoms with Crippen molar-refractivity contribution in [2.24, 2.45) is 0 Å². The quantitative estimate of drug-likeness (QED) is 0.571. The number of carbonyl (C=O) groups excluding carboxylic acids is 1. The molecular weight excluding hydrogens is 231 g/mol. The van der Waals surface area contributed by atoms with Gasteiger partial charge in [-0.05, 0) is 30.2 Å². The van der Waals surface area contributed by atoms with Crippen LogP contribution < -0.4 is 0 Å². The number of hydrogen-bond donors (Lipinski definition) is 0. The molecular formula is C12H12Cl2O. The first-order chi connectivity index (χ1) is 7.19. The summed E-state index contributed by atoms with van der Waals surface area (Å²) in [5, 5.41) is 0.487. The van der Waals surface area contributed by atoms with Crippen LogP contribution in [0.1, 0.15) is 29.3 Å². The van der Waals surface area contributed by atoms with Crippen LogP contribution in [0.4, 0.5) is 0 Å². The maximum atomic E-state index is 11.5. The van der Waals surface area contributed by atoms with Gasteiger partial charge >= 0.3 is 0 Å². The smallest absolute Gasteiger partial charge is 0.188 e. The van der Waals surface area contributed by atoms with Gasteiger partial charge < -0.3 is 0 Å². The largest absolute Gasteiger partial charge is 0.289 e. The van der Waals surface area contributed by atoms with Gasteiger partial charge in [-0.1, -0.05) is 42.6 Å². The zero-order chi connectivity index (χ0) is 11.3. The van der Waals surface area contributed by atoms with Crippen molar-refractivity contribution >= 4 is 29.0 Å². The maximum Gasteiger partial charge on any atom is 0.188 e. The highest BCUT2D eigenvalue weighted by atomic mass is 35.5. The first-order valence-electron chi connectivity index (χ1n) is 4.78. The number of rotatable bonds is 4. The minimum atomic E-state index is -0.168. The second-order valence-corrected chi connectivity index (χ2v) is 3.88. The highest BCUT2D eigenvalue weighted by molar-refractivity contribution is 6.35. The van der Waals surface area contributed by atoms with E-state index in [0.717, 1.165) is 18.4 Å². The molecule has 0 bridgehead atoms. The molecule has 0 amide bonds. The van der Waals surface area contributed by atoms with Crippen molar-refractivity contribution in [1.29, 1.82) is 0 Å². The average Bonchev–Trinajstić information content (AvgIpc) is 2.18. The van der Waals surface area contributed by atoms with E-state index in [0.29, 0.717) is 10.6 Å². The molecule has 0 spiro atoms. The number of hydrogen-bond acceptors (Lipinski definition) is 1. The summed E-state index contributed by atoms with van der Waals surface area (Å²) >= 11 is 11.3. The molecule has 0 aliphatic rings. The molecule has 0 aliphatic heterocycles. The molecule has 1 rings (SSSR count). The van der Waals surface area contributed by atoms with Gasteiger partial charge in [-0.3, -0.25) is 4.79 Å². The molecule has 0 unspecified atom stereocenters. The lowest BCUT2D eigenvalue weighted by molar-refractivity contribution is 0.104. The number of carbonyl (C=O) groups is 1. The summed E-state index contributed by atoms with van der Waals surface area (Å²) in [4.78, 5) is 11.5. The van der Waals surface area contributed by atoms with Crippen molar-refractivity contribution in [3.8, 4) is 0 Å². The fourth-order valence-electron chi connectivity index (χ4n) is 1.35. The Labute approximate surface area is 99.7 Å². The normalized spacial score (nSPS) is 10.9. The van der Waals surface area contributed by atoms with Crippen molar-refractivity contribution in [2.45, 2.75) is 19.8 Å². The van der Waals surface area contributed by atoms with Crippen molar-refractivity contribution in [3.05, 3.63) is 46.0 Å². The Morgan fingerprint density at radius 2 is 2.20 bits per heavy atom. The summed E-state index contributed by atoms with van der Waals surface area (Å²) in [6.45, 7) is 2.10. The standard InChI is InChI=1S/C12H12Cl2O/c1-2-3-9-4-5-10(11(14)8-9)12(15)6-7-13/h4-8H,2-3H2,1H3. The molecule has 0 aliphatic carbocycles. The number of ketones is 1. The molecule has 1 nitrogen and oxygen atoms in total. The average molecular weight is 243 g/mol. The molecule has 0 saturated heterocycles. The van der Waals surface area contributed by atoms with Gasteiger partial charge in [0.15, 0.2) is 5.78 Å². The minimum absolute atomic E-state index is 0.168. The Bertz CT molecular complexity index is 383. The fourth-order valence-corrected chi connectivity index (χ4v) is 1.76. The molecule has 1 aromatic rings. The van der Waals surface area contributed by atoms with Gasteiger partial charge in [0.1, 0.15) is 0 Å². The summed E-state index contributed by atoms with van der Waals surface area (Å²) in [6, 6.07) is 5.50. The number of benzene rings is 1. The molecule has 0 saturated carbocycles. The molecule has 0 atom stereocenters. The van der Waals surface area contributed by atoms with Gasteiger partial charge in [0.05, 0.1) is 5.02 Å². The topological polar surface area (TPSA) is 17.1 Å². The lowest BCUT2D eigenvalue weighted by Crippen LogP contribution is -1.96. The van der Waals surface area contributed by atoms with E-state index in [2.05, 4.69) is 6.92 Å². The van der Waals surface area contributed by atoms with Crippen molar-refractivity contribution in [3.63, 3.8) is 0 Å². The fraction of sp³-hybridized carbons (Fsp3) is 0.250.